The molecule has 1 amide bonds. The van der Waals surface area contributed by atoms with Crippen molar-refractivity contribution < 1.29 is 19.7 Å². The highest BCUT2D eigenvalue weighted by Gasteiger charge is 2.48. The smallest absolute Gasteiger partial charge is 0.407 e. The Morgan fingerprint density at radius 1 is 1.43 bits per heavy atom. The lowest BCUT2D eigenvalue weighted by atomic mass is 9.85. The van der Waals surface area contributed by atoms with Gasteiger partial charge in [0.2, 0.25) is 0 Å². The van der Waals surface area contributed by atoms with Crippen molar-refractivity contribution in [2.75, 3.05) is 19.8 Å². The zero-order valence-corrected chi connectivity index (χ0v) is 12.4. The van der Waals surface area contributed by atoms with E-state index in [1.165, 1.54) is 4.90 Å². The molecule has 21 heavy (non-hydrogen) atoms. The first-order chi connectivity index (χ1) is 10.1. The molecule has 1 aromatic carbocycles. The topological polar surface area (TPSA) is 70.0 Å². The van der Waals surface area contributed by atoms with Crippen LogP contribution in [0.5, 0.6) is 0 Å². The van der Waals surface area contributed by atoms with Crippen molar-refractivity contribution in [1.82, 2.24) is 4.90 Å². The van der Waals surface area contributed by atoms with E-state index in [9.17, 15) is 15.0 Å². The van der Waals surface area contributed by atoms with Gasteiger partial charge >= 0.3 is 6.09 Å². The van der Waals surface area contributed by atoms with Gasteiger partial charge in [-0.1, -0.05) is 30.3 Å². The fraction of sp³-hybridized carbons (Fsp3) is 0.562. The summed E-state index contributed by atoms with van der Waals surface area (Å²) in [6.07, 6.45) is 0.618. The van der Waals surface area contributed by atoms with E-state index in [1.54, 1.807) is 0 Å². The molecule has 0 aromatic heterocycles. The van der Waals surface area contributed by atoms with Gasteiger partial charge < -0.3 is 14.9 Å². The van der Waals surface area contributed by atoms with E-state index in [-0.39, 0.29) is 12.7 Å². The van der Waals surface area contributed by atoms with Gasteiger partial charge in [-0.2, -0.15) is 0 Å². The number of benzene rings is 1. The van der Waals surface area contributed by atoms with Crippen LogP contribution in [0.1, 0.15) is 25.3 Å². The summed E-state index contributed by atoms with van der Waals surface area (Å²) in [5.41, 5.74) is 0.497. The van der Waals surface area contributed by atoms with E-state index >= 15 is 0 Å². The van der Waals surface area contributed by atoms with Gasteiger partial charge in [-0.3, -0.25) is 4.90 Å². The second-order valence-electron chi connectivity index (χ2n) is 5.53. The summed E-state index contributed by atoms with van der Waals surface area (Å²) >= 11 is 0. The molecule has 1 fully saturated rings. The fourth-order valence-corrected chi connectivity index (χ4v) is 3.30. The van der Waals surface area contributed by atoms with E-state index < -0.39 is 11.6 Å². The highest BCUT2D eigenvalue weighted by molar-refractivity contribution is 5.67. The summed E-state index contributed by atoms with van der Waals surface area (Å²) in [6, 6.07) is 9.82. The van der Waals surface area contributed by atoms with Crippen molar-refractivity contribution in [2.24, 2.45) is 0 Å². The second-order valence-corrected chi connectivity index (χ2v) is 5.53. The lowest BCUT2D eigenvalue weighted by molar-refractivity contribution is 0.0679. The van der Waals surface area contributed by atoms with Crippen LogP contribution in [-0.2, 0) is 11.2 Å². The summed E-state index contributed by atoms with van der Waals surface area (Å²) < 4.78 is 5.64. The van der Waals surface area contributed by atoms with Crippen LogP contribution in [-0.4, -0.2) is 52.6 Å². The number of carboxylic acid groups (broad SMARTS) is 1. The minimum atomic E-state index is -0.943. The Balaban J connectivity index is 2.26. The van der Waals surface area contributed by atoms with Gasteiger partial charge in [-0.25, -0.2) is 4.79 Å². The van der Waals surface area contributed by atoms with Gasteiger partial charge in [0.05, 0.1) is 18.2 Å². The van der Waals surface area contributed by atoms with E-state index in [2.05, 4.69) is 0 Å². The van der Waals surface area contributed by atoms with E-state index in [0.717, 1.165) is 5.56 Å². The number of aliphatic hydroxyl groups is 1. The summed E-state index contributed by atoms with van der Waals surface area (Å²) in [5, 5.41) is 19.0. The van der Waals surface area contributed by atoms with E-state index in [4.69, 9.17) is 4.74 Å². The third-order valence-corrected chi connectivity index (χ3v) is 4.15. The van der Waals surface area contributed by atoms with Crippen LogP contribution in [0, 0.1) is 0 Å². The second kappa shape index (κ2) is 6.91. The summed E-state index contributed by atoms with van der Waals surface area (Å²) in [5.74, 6) is 0. The highest BCUT2D eigenvalue weighted by atomic mass is 16.5. The van der Waals surface area contributed by atoms with Crippen LogP contribution in [0.4, 0.5) is 4.79 Å². The molecule has 2 rings (SSSR count). The Morgan fingerprint density at radius 2 is 2.14 bits per heavy atom. The van der Waals surface area contributed by atoms with E-state index in [1.807, 2.05) is 37.3 Å². The molecule has 116 valence electrons. The monoisotopic (exact) mass is 293 g/mol. The van der Waals surface area contributed by atoms with Crippen molar-refractivity contribution >= 4 is 6.09 Å². The van der Waals surface area contributed by atoms with Gasteiger partial charge in [0.25, 0.3) is 0 Å². The van der Waals surface area contributed by atoms with Gasteiger partial charge in [0.15, 0.2) is 0 Å². The van der Waals surface area contributed by atoms with Crippen LogP contribution in [0.3, 0.4) is 0 Å². The molecule has 1 heterocycles. The van der Waals surface area contributed by atoms with Crippen molar-refractivity contribution in [3.63, 3.8) is 0 Å². The largest absolute Gasteiger partial charge is 0.465 e. The third-order valence-electron chi connectivity index (χ3n) is 4.15. The van der Waals surface area contributed by atoms with Crippen molar-refractivity contribution in [1.29, 1.82) is 0 Å². The van der Waals surface area contributed by atoms with Gasteiger partial charge in [-0.05, 0) is 31.7 Å². The molecule has 2 N–H and O–H groups in total. The quantitative estimate of drug-likeness (QED) is 0.843. The van der Waals surface area contributed by atoms with Gasteiger partial charge in [0, 0.05) is 13.2 Å². The van der Waals surface area contributed by atoms with Crippen LogP contribution in [0.2, 0.25) is 0 Å². The van der Waals surface area contributed by atoms with Crippen molar-refractivity contribution in [3.05, 3.63) is 35.9 Å². The SMILES string of the molecule is CCO[C@H]1CN(C(=O)O)C(CCO)(Cc2ccccc2)C1. The number of amides is 1. The molecule has 1 aliphatic rings. The first-order valence-corrected chi connectivity index (χ1v) is 7.38. The maximum atomic E-state index is 11.6. The maximum Gasteiger partial charge on any atom is 0.407 e. The first-order valence-electron chi connectivity index (χ1n) is 7.38. The Hall–Kier alpha value is -1.59. The Kier molecular flexibility index (Phi) is 5.20. The van der Waals surface area contributed by atoms with Gasteiger partial charge in [0.1, 0.15) is 0 Å². The molecule has 0 spiro atoms. The molecule has 0 radical (unpaired) electrons. The molecule has 5 heteroatoms. The minimum Gasteiger partial charge on any atom is -0.465 e. The Morgan fingerprint density at radius 3 is 2.71 bits per heavy atom. The molecular weight excluding hydrogens is 270 g/mol. The van der Waals surface area contributed by atoms with Crippen LogP contribution < -0.4 is 0 Å². The van der Waals surface area contributed by atoms with Crippen molar-refractivity contribution in [2.45, 2.75) is 37.8 Å². The van der Waals surface area contributed by atoms with Crippen LogP contribution >= 0.6 is 0 Å². The minimum absolute atomic E-state index is 0.0323. The predicted molar refractivity (Wildman–Crippen MR) is 79.3 cm³/mol. The van der Waals surface area contributed by atoms with Crippen LogP contribution in [0.25, 0.3) is 0 Å². The number of aliphatic hydroxyl groups excluding tert-OH is 1. The molecule has 5 nitrogen and oxygen atoms in total. The summed E-state index contributed by atoms with van der Waals surface area (Å²) in [7, 11) is 0. The highest BCUT2D eigenvalue weighted by Crippen LogP contribution is 2.37. The summed E-state index contributed by atoms with van der Waals surface area (Å²) in [4.78, 5) is 13.1. The number of nitrogens with zero attached hydrogens (tertiary/aromatic N) is 1. The lowest BCUT2D eigenvalue weighted by Gasteiger charge is -2.36. The average Bonchev–Trinajstić information content (AvgIpc) is 2.79. The number of hydrogen-bond donors (Lipinski definition) is 2. The number of hydrogen-bond acceptors (Lipinski definition) is 3. The van der Waals surface area contributed by atoms with Gasteiger partial charge in [-0.15, -0.1) is 0 Å². The molecule has 0 aliphatic carbocycles. The molecule has 0 saturated carbocycles. The zero-order valence-electron chi connectivity index (χ0n) is 12.4. The van der Waals surface area contributed by atoms with E-state index in [0.29, 0.717) is 32.4 Å². The number of likely N-dealkylation sites (tertiary alicyclic amines) is 1. The molecule has 0 bridgehead atoms. The number of ether oxygens (including phenoxy) is 1. The number of carbonyl (C=O) groups is 1. The molecule has 1 saturated heterocycles. The average molecular weight is 293 g/mol. The number of rotatable bonds is 6. The Labute approximate surface area is 125 Å². The standard InChI is InChI=1S/C16H23NO4/c1-2-21-14-11-16(8-9-18,17(12-14)15(19)20)10-13-6-4-3-5-7-13/h3-7,14,18H,2,8-12H2,1H3,(H,19,20)/t14-,16?/m1/s1. The maximum absolute atomic E-state index is 11.6. The zero-order chi connectivity index (χ0) is 15.3. The first kappa shape index (κ1) is 15.8. The summed E-state index contributed by atoms with van der Waals surface area (Å²) in [6.45, 7) is 2.82. The predicted octanol–water partition coefficient (Wildman–Crippen LogP) is 2.14. The third kappa shape index (κ3) is 3.54. The van der Waals surface area contributed by atoms with Crippen LogP contribution in [0.15, 0.2) is 30.3 Å². The Bertz CT molecular complexity index is 465. The molecule has 2 atom stereocenters. The molecule has 1 unspecified atom stereocenters. The fourth-order valence-electron chi connectivity index (χ4n) is 3.30. The molecular formula is C16H23NO4. The van der Waals surface area contributed by atoms with Crippen molar-refractivity contribution in [3.8, 4) is 0 Å². The lowest BCUT2D eigenvalue weighted by Crippen LogP contribution is -2.49. The molecule has 1 aliphatic heterocycles. The molecule has 1 aromatic rings. The normalized spacial score (nSPS) is 25.2.